The van der Waals surface area contributed by atoms with Crippen LogP contribution in [0.2, 0.25) is 0 Å². The average Bonchev–Trinajstić information content (AvgIpc) is 3.40. The van der Waals surface area contributed by atoms with E-state index >= 15 is 0 Å². The van der Waals surface area contributed by atoms with Gasteiger partial charge in [0.1, 0.15) is 18.6 Å². The number of carbonyl (C=O) groups excluding carboxylic acids is 2. The molecule has 2 aromatic carbocycles. The summed E-state index contributed by atoms with van der Waals surface area (Å²) in [4.78, 5) is 39.2. The molecule has 2 atom stereocenters. The quantitative estimate of drug-likeness (QED) is 0.367. The van der Waals surface area contributed by atoms with Gasteiger partial charge >= 0.3 is 0 Å². The SMILES string of the molecule is Cc1cccc(Nc2ccccc2C(=O)n2ccc3c(N(C)[C@H]4CN(C(=O)CC#N)CC[C@H]4C)ncnc32)c1C. The number of likely N-dealkylation sites (N-methyl/N-ethyl adjacent to an activating group) is 1. The molecule has 1 N–H and O–H groups in total. The highest BCUT2D eigenvalue weighted by atomic mass is 16.2. The van der Waals surface area contributed by atoms with Gasteiger partial charge in [-0.15, -0.1) is 0 Å². The molecule has 5 rings (SSSR count). The first-order valence-corrected chi connectivity index (χ1v) is 13.5. The first-order valence-electron chi connectivity index (χ1n) is 13.5. The van der Waals surface area contributed by atoms with E-state index in [9.17, 15) is 9.59 Å². The van der Waals surface area contributed by atoms with Crippen molar-refractivity contribution in [3.05, 3.63) is 77.7 Å². The molecule has 1 fully saturated rings. The van der Waals surface area contributed by atoms with Crippen molar-refractivity contribution in [2.75, 3.05) is 30.4 Å². The van der Waals surface area contributed by atoms with E-state index < -0.39 is 0 Å². The molecule has 0 saturated carbocycles. The number of hydrogen-bond donors (Lipinski definition) is 1. The monoisotopic (exact) mass is 535 g/mol. The van der Waals surface area contributed by atoms with Gasteiger partial charge in [-0.05, 0) is 61.6 Å². The minimum Gasteiger partial charge on any atom is -0.355 e. The van der Waals surface area contributed by atoms with E-state index in [1.54, 1.807) is 15.7 Å². The number of rotatable bonds is 6. The summed E-state index contributed by atoms with van der Waals surface area (Å²) in [6.07, 6.45) is 3.93. The topological polar surface area (TPSA) is 107 Å². The second-order valence-electron chi connectivity index (χ2n) is 10.5. The van der Waals surface area contributed by atoms with Crippen LogP contribution in [0, 0.1) is 31.1 Å². The maximum Gasteiger partial charge on any atom is 0.265 e. The summed E-state index contributed by atoms with van der Waals surface area (Å²) in [6, 6.07) is 17.4. The van der Waals surface area contributed by atoms with E-state index in [4.69, 9.17) is 5.26 Å². The number of fused-ring (bicyclic) bond motifs is 1. The van der Waals surface area contributed by atoms with Gasteiger partial charge < -0.3 is 15.1 Å². The molecule has 40 heavy (non-hydrogen) atoms. The Morgan fingerprint density at radius 2 is 1.88 bits per heavy atom. The number of hydrogen-bond acceptors (Lipinski definition) is 7. The summed E-state index contributed by atoms with van der Waals surface area (Å²) in [5, 5.41) is 13.2. The van der Waals surface area contributed by atoms with Gasteiger partial charge in [-0.2, -0.15) is 5.26 Å². The van der Waals surface area contributed by atoms with Crippen molar-refractivity contribution in [1.82, 2.24) is 19.4 Å². The van der Waals surface area contributed by atoms with Crippen LogP contribution in [-0.4, -0.2) is 57.4 Å². The van der Waals surface area contributed by atoms with Crippen LogP contribution in [0.25, 0.3) is 11.0 Å². The zero-order chi connectivity index (χ0) is 28.4. The molecule has 0 spiro atoms. The molecular formula is C31H33N7O2. The number of likely N-dealkylation sites (tertiary alicyclic amines) is 1. The number of carbonyl (C=O) groups is 2. The molecule has 0 aliphatic carbocycles. The summed E-state index contributed by atoms with van der Waals surface area (Å²) < 4.78 is 1.56. The molecule has 0 radical (unpaired) electrons. The summed E-state index contributed by atoms with van der Waals surface area (Å²) in [6.45, 7) is 7.45. The lowest BCUT2D eigenvalue weighted by Gasteiger charge is -2.42. The van der Waals surface area contributed by atoms with Gasteiger partial charge in [0.2, 0.25) is 5.91 Å². The van der Waals surface area contributed by atoms with Crippen molar-refractivity contribution in [1.29, 1.82) is 5.26 Å². The highest BCUT2D eigenvalue weighted by Crippen LogP contribution is 2.31. The van der Waals surface area contributed by atoms with Crippen LogP contribution in [0.4, 0.5) is 17.2 Å². The highest BCUT2D eigenvalue weighted by molar-refractivity contribution is 6.06. The first-order chi connectivity index (χ1) is 19.3. The van der Waals surface area contributed by atoms with Crippen molar-refractivity contribution in [3.8, 4) is 6.07 Å². The molecule has 0 unspecified atom stereocenters. The lowest BCUT2D eigenvalue weighted by atomic mass is 9.92. The number of aromatic nitrogens is 3. The Hall–Kier alpha value is -4.71. The van der Waals surface area contributed by atoms with E-state index in [1.807, 2.05) is 55.6 Å². The zero-order valence-corrected chi connectivity index (χ0v) is 23.3. The van der Waals surface area contributed by atoms with E-state index in [2.05, 4.69) is 47.0 Å². The van der Waals surface area contributed by atoms with Crippen molar-refractivity contribution in [2.45, 2.75) is 39.7 Å². The van der Waals surface area contributed by atoms with Crippen LogP contribution < -0.4 is 10.2 Å². The lowest BCUT2D eigenvalue weighted by Crippen LogP contribution is -2.52. The van der Waals surface area contributed by atoms with Crippen molar-refractivity contribution in [3.63, 3.8) is 0 Å². The Morgan fingerprint density at radius 3 is 2.67 bits per heavy atom. The average molecular weight is 536 g/mol. The Balaban J connectivity index is 1.46. The van der Waals surface area contributed by atoms with E-state index in [0.29, 0.717) is 41.7 Å². The molecule has 9 heteroatoms. The van der Waals surface area contributed by atoms with E-state index in [0.717, 1.165) is 23.1 Å². The maximum absolute atomic E-state index is 13.9. The third kappa shape index (κ3) is 5.00. The minimum atomic E-state index is -0.199. The van der Waals surface area contributed by atoms with Crippen LogP contribution >= 0.6 is 0 Å². The number of amides is 1. The largest absolute Gasteiger partial charge is 0.355 e. The number of nitrogens with zero attached hydrogens (tertiary/aromatic N) is 6. The summed E-state index contributed by atoms with van der Waals surface area (Å²) >= 11 is 0. The van der Waals surface area contributed by atoms with Crippen molar-refractivity contribution in [2.24, 2.45) is 5.92 Å². The number of benzene rings is 2. The van der Waals surface area contributed by atoms with Gasteiger partial charge in [-0.3, -0.25) is 14.2 Å². The Kier molecular flexibility index (Phi) is 7.52. The Bertz CT molecular complexity index is 1620. The number of piperidine rings is 1. The second-order valence-corrected chi connectivity index (χ2v) is 10.5. The van der Waals surface area contributed by atoms with Crippen LogP contribution in [0.15, 0.2) is 61.1 Å². The van der Waals surface area contributed by atoms with Gasteiger partial charge in [0, 0.05) is 32.0 Å². The predicted molar refractivity (Wildman–Crippen MR) is 156 cm³/mol. The van der Waals surface area contributed by atoms with Crippen LogP contribution in [-0.2, 0) is 4.79 Å². The fourth-order valence-electron chi connectivity index (χ4n) is 5.44. The molecule has 9 nitrogen and oxygen atoms in total. The van der Waals surface area contributed by atoms with Gasteiger partial charge in [0.05, 0.1) is 28.7 Å². The van der Waals surface area contributed by atoms with Gasteiger partial charge in [-0.25, -0.2) is 9.97 Å². The number of para-hydroxylation sites is 1. The summed E-state index contributed by atoms with van der Waals surface area (Å²) in [5.41, 5.74) is 5.01. The molecule has 204 valence electrons. The smallest absolute Gasteiger partial charge is 0.265 e. The van der Waals surface area contributed by atoms with Crippen LogP contribution in [0.1, 0.15) is 41.3 Å². The maximum atomic E-state index is 13.9. The standard InChI is InChI=1S/C31H33N7O2/c1-20-8-7-11-25(22(20)3)35-26-10-6-5-9-23(26)31(40)38-17-14-24-29(33-19-34-30(24)38)36(4)27-18-37(16-13-21(27)2)28(39)12-15-32/h5-11,14,17,19,21,27,35H,12-13,16,18H2,1-4H3/t21-,27+/m1/s1. The molecule has 3 heterocycles. The van der Waals surface area contributed by atoms with Crippen molar-refractivity contribution >= 4 is 40.0 Å². The molecule has 1 saturated heterocycles. The molecule has 1 aliphatic rings. The predicted octanol–water partition coefficient (Wildman–Crippen LogP) is 5.07. The van der Waals surface area contributed by atoms with E-state index in [1.165, 1.54) is 11.9 Å². The molecule has 1 aliphatic heterocycles. The molecular weight excluding hydrogens is 502 g/mol. The highest BCUT2D eigenvalue weighted by Gasteiger charge is 2.33. The normalized spacial score (nSPS) is 16.9. The van der Waals surface area contributed by atoms with Gasteiger partial charge in [0.25, 0.3) is 5.91 Å². The summed E-state index contributed by atoms with van der Waals surface area (Å²) in [5.74, 6) is 0.665. The minimum absolute atomic E-state index is 0.0102. The second kappa shape index (κ2) is 11.2. The lowest BCUT2D eigenvalue weighted by molar-refractivity contribution is -0.131. The fourth-order valence-corrected chi connectivity index (χ4v) is 5.44. The number of nitriles is 1. The van der Waals surface area contributed by atoms with Gasteiger partial charge in [-0.1, -0.05) is 31.2 Å². The molecule has 1 amide bonds. The number of aryl methyl sites for hydroxylation is 1. The Morgan fingerprint density at radius 1 is 1.10 bits per heavy atom. The number of anilines is 3. The van der Waals surface area contributed by atoms with E-state index in [-0.39, 0.29) is 24.3 Å². The van der Waals surface area contributed by atoms with Gasteiger partial charge in [0.15, 0.2) is 5.65 Å². The van der Waals surface area contributed by atoms with Crippen molar-refractivity contribution < 1.29 is 9.59 Å². The number of nitrogens with one attached hydrogen (secondary N) is 1. The van der Waals surface area contributed by atoms with Crippen LogP contribution in [0.5, 0.6) is 0 Å². The molecule has 4 aromatic rings. The fraction of sp³-hybridized carbons (Fsp3) is 0.323. The molecule has 2 aromatic heterocycles. The zero-order valence-electron chi connectivity index (χ0n) is 23.3. The third-order valence-electron chi connectivity index (χ3n) is 8.04. The van der Waals surface area contributed by atoms with Crippen LogP contribution in [0.3, 0.4) is 0 Å². The Labute approximate surface area is 234 Å². The third-order valence-corrected chi connectivity index (χ3v) is 8.04. The first kappa shape index (κ1) is 26.9. The summed E-state index contributed by atoms with van der Waals surface area (Å²) in [7, 11) is 1.96. The molecule has 0 bridgehead atoms.